The van der Waals surface area contributed by atoms with E-state index < -0.39 is 6.10 Å². The average Bonchev–Trinajstić information content (AvgIpc) is 3.58. The summed E-state index contributed by atoms with van der Waals surface area (Å²) >= 11 is 3.45. The van der Waals surface area contributed by atoms with Gasteiger partial charge in [0.05, 0.1) is 16.9 Å². The summed E-state index contributed by atoms with van der Waals surface area (Å²) in [4.78, 5) is 27.0. The highest BCUT2D eigenvalue weighted by molar-refractivity contribution is 9.10. The van der Waals surface area contributed by atoms with Gasteiger partial charge in [0.1, 0.15) is 11.3 Å². The second kappa shape index (κ2) is 12.9. The molecule has 0 aliphatic carbocycles. The third-order valence-electron chi connectivity index (χ3n) is 9.24. The minimum atomic E-state index is -0.675. The van der Waals surface area contributed by atoms with E-state index in [1.54, 1.807) is 28.9 Å². The molecule has 0 spiro atoms. The maximum absolute atomic E-state index is 13.5. The first kappa shape index (κ1) is 33.2. The number of aromatic nitrogens is 5. The molecule has 0 aliphatic heterocycles. The van der Waals surface area contributed by atoms with Crippen molar-refractivity contribution in [2.75, 3.05) is 5.32 Å². The second-order valence-corrected chi connectivity index (χ2v) is 14.0. The van der Waals surface area contributed by atoms with Crippen LogP contribution in [-0.2, 0) is 15.6 Å². The van der Waals surface area contributed by atoms with Gasteiger partial charge in [-0.2, -0.15) is 0 Å². The van der Waals surface area contributed by atoms with E-state index in [2.05, 4.69) is 90.3 Å². The Morgan fingerprint density at radius 1 is 0.978 bits per heavy atom. The van der Waals surface area contributed by atoms with Crippen molar-refractivity contribution >= 4 is 38.6 Å². The van der Waals surface area contributed by atoms with Crippen LogP contribution in [0.5, 0.6) is 5.75 Å². The first-order valence-corrected chi connectivity index (χ1v) is 16.6. The number of benzene rings is 3. The van der Waals surface area contributed by atoms with E-state index in [0.29, 0.717) is 34.7 Å². The van der Waals surface area contributed by atoms with E-state index in [0.717, 1.165) is 34.1 Å². The zero-order chi connectivity index (χ0) is 33.4. The van der Waals surface area contributed by atoms with E-state index >= 15 is 0 Å². The fourth-order valence-electron chi connectivity index (χ4n) is 5.40. The third-order valence-corrected chi connectivity index (χ3v) is 9.74. The van der Waals surface area contributed by atoms with E-state index in [1.165, 1.54) is 10.2 Å². The van der Waals surface area contributed by atoms with Crippen LogP contribution in [0, 0.1) is 6.92 Å². The van der Waals surface area contributed by atoms with Crippen LogP contribution in [0.2, 0.25) is 0 Å². The monoisotopic (exact) mass is 686 g/mol. The minimum Gasteiger partial charge on any atom is -0.480 e. The lowest BCUT2D eigenvalue weighted by molar-refractivity contribution is -0.122. The molecule has 1 amide bonds. The van der Waals surface area contributed by atoms with E-state index in [4.69, 9.17) is 4.74 Å². The highest BCUT2D eigenvalue weighted by Crippen LogP contribution is 2.39. The van der Waals surface area contributed by atoms with Crippen LogP contribution in [0.25, 0.3) is 22.4 Å². The van der Waals surface area contributed by atoms with Gasteiger partial charge < -0.3 is 10.1 Å². The Hall–Kier alpha value is -4.18. The number of carbonyl (C=O) groups is 1. The molecular formula is C36H43BrN6O3. The van der Waals surface area contributed by atoms with E-state index in [9.17, 15) is 9.59 Å². The quantitative estimate of drug-likeness (QED) is 0.146. The van der Waals surface area contributed by atoms with Crippen LogP contribution in [0.4, 0.5) is 5.69 Å². The molecular weight excluding hydrogens is 644 g/mol. The molecule has 0 aliphatic rings. The summed E-state index contributed by atoms with van der Waals surface area (Å²) in [6, 6.07) is 19.1. The van der Waals surface area contributed by atoms with Gasteiger partial charge >= 0.3 is 0 Å². The molecule has 0 radical (unpaired) electrons. The van der Waals surface area contributed by atoms with E-state index in [-0.39, 0.29) is 22.3 Å². The molecule has 5 rings (SSSR count). The van der Waals surface area contributed by atoms with Crippen molar-refractivity contribution in [3.8, 4) is 17.1 Å². The average molecular weight is 688 g/mol. The Morgan fingerprint density at radius 2 is 1.67 bits per heavy atom. The Labute approximate surface area is 278 Å². The molecule has 0 saturated heterocycles. The first-order valence-electron chi connectivity index (χ1n) is 15.9. The number of anilines is 1. The number of carbonyl (C=O) groups excluding carboxylic acids is 1. The zero-order valence-electron chi connectivity index (χ0n) is 27.9. The van der Waals surface area contributed by atoms with Crippen LogP contribution >= 0.6 is 15.9 Å². The van der Waals surface area contributed by atoms with Crippen molar-refractivity contribution in [2.24, 2.45) is 0 Å². The predicted molar refractivity (Wildman–Crippen MR) is 188 cm³/mol. The lowest BCUT2D eigenvalue weighted by Crippen LogP contribution is -2.33. The molecule has 0 bridgehead atoms. The first-order chi connectivity index (χ1) is 21.8. The molecule has 46 heavy (non-hydrogen) atoms. The molecule has 1 unspecified atom stereocenters. The molecule has 2 aromatic heterocycles. The number of ether oxygens (including phenoxy) is 1. The van der Waals surface area contributed by atoms with Crippen LogP contribution in [0.3, 0.4) is 0 Å². The van der Waals surface area contributed by atoms with Gasteiger partial charge in [0.2, 0.25) is 0 Å². The van der Waals surface area contributed by atoms with Gasteiger partial charge in [-0.25, -0.2) is 9.36 Å². The number of nitrogens with one attached hydrogen (secondary N) is 2. The number of aryl methyl sites for hydroxylation is 1. The van der Waals surface area contributed by atoms with Gasteiger partial charge in [0.25, 0.3) is 11.5 Å². The van der Waals surface area contributed by atoms with Crippen LogP contribution in [0.1, 0.15) is 84.5 Å². The molecule has 0 saturated carbocycles. The number of amides is 1. The number of fused-ring (bicyclic) bond motifs is 1. The largest absolute Gasteiger partial charge is 0.480 e. The molecule has 1 atom stereocenters. The van der Waals surface area contributed by atoms with Crippen molar-refractivity contribution in [2.45, 2.75) is 91.6 Å². The van der Waals surface area contributed by atoms with Gasteiger partial charge in [-0.05, 0) is 91.1 Å². The van der Waals surface area contributed by atoms with Crippen LogP contribution < -0.4 is 15.6 Å². The lowest BCUT2D eigenvalue weighted by atomic mass is 9.76. The Bertz CT molecular complexity index is 1930. The zero-order valence-corrected chi connectivity index (χ0v) is 29.4. The second-order valence-electron chi connectivity index (χ2n) is 13.1. The summed E-state index contributed by atoms with van der Waals surface area (Å²) in [5, 5.41) is 14.6. The lowest BCUT2D eigenvalue weighted by Gasteiger charge is -2.31. The number of hydrogen-bond donors (Lipinski definition) is 2. The van der Waals surface area contributed by atoms with Crippen LogP contribution in [-0.4, -0.2) is 36.8 Å². The third kappa shape index (κ3) is 6.40. The highest BCUT2D eigenvalue weighted by Gasteiger charge is 2.29. The number of halogens is 1. The number of hydrogen-bond acceptors (Lipinski definition) is 5. The predicted octanol–water partition coefficient (Wildman–Crippen LogP) is 8.14. The Morgan fingerprint density at radius 3 is 2.33 bits per heavy atom. The van der Waals surface area contributed by atoms with Crippen molar-refractivity contribution in [3.05, 3.63) is 92.3 Å². The van der Waals surface area contributed by atoms with Crippen molar-refractivity contribution in [1.82, 2.24) is 24.8 Å². The standard InChI is InChI=1S/C36H43BrN6O3/c1-9-30(46-31-19-12-23(35(5,6)10-2)20-27(31)36(7,8)11-3)33(44)38-25-14-16-26(17-15-25)42-34(45)32(22(4)40-42)43-29-18-13-24(37)21-28(29)39-41-43/h12-21,30,40H,9-11H2,1-8H3,(H,38,44). The molecule has 0 fully saturated rings. The van der Waals surface area contributed by atoms with E-state index in [1.807, 2.05) is 38.1 Å². The SMILES string of the molecule is CCC(Oc1ccc(C(C)(C)CC)cc1C(C)(C)CC)C(=O)Nc1ccc(-n2[nH]c(C)c(-n3nnc4cc(Br)ccc43)c2=O)cc1. The van der Waals surface area contributed by atoms with Gasteiger partial charge in [-0.1, -0.05) is 81.7 Å². The van der Waals surface area contributed by atoms with Gasteiger partial charge in [0.15, 0.2) is 11.8 Å². The van der Waals surface area contributed by atoms with Crippen LogP contribution in [0.15, 0.2) is 69.9 Å². The van der Waals surface area contributed by atoms with Crippen molar-refractivity contribution in [1.29, 1.82) is 0 Å². The summed E-state index contributed by atoms with van der Waals surface area (Å²) in [5.41, 5.74) is 5.71. The smallest absolute Gasteiger partial charge is 0.297 e. The summed E-state index contributed by atoms with van der Waals surface area (Å²) in [7, 11) is 0. The molecule has 10 heteroatoms. The molecule has 242 valence electrons. The number of nitrogens with zero attached hydrogens (tertiary/aromatic N) is 4. The molecule has 2 N–H and O–H groups in total. The van der Waals surface area contributed by atoms with Crippen molar-refractivity contribution in [3.63, 3.8) is 0 Å². The minimum absolute atomic E-state index is 0.0404. The van der Waals surface area contributed by atoms with Crippen molar-refractivity contribution < 1.29 is 9.53 Å². The highest BCUT2D eigenvalue weighted by atomic mass is 79.9. The number of rotatable bonds is 11. The maximum atomic E-state index is 13.5. The molecule has 9 nitrogen and oxygen atoms in total. The Balaban J connectivity index is 1.35. The topological polar surface area (TPSA) is 107 Å². The molecule has 5 aromatic rings. The normalized spacial score (nSPS) is 12.8. The summed E-state index contributed by atoms with van der Waals surface area (Å²) < 4.78 is 10.3. The molecule has 2 heterocycles. The van der Waals surface area contributed by atoms with Gasteiger partial charge in [-0.15, -0.1) is 5.10 Å². The maximum Gasteiger partial charge on any atom is 0.297 e. The summed E-state index contributed by atoms with van der Waals surface area (Å²) in [6.07, 6.45) is 1.79. The Kier molecular flexibility index (Phi) is 9.31. The van der Waals surface area contributed by atoms with Gasteiger partial charge in [-0.3, -0.25) is 14.7 Å². The molecule has 3 aromatic carbocycles. The number of H-pyrrole nitrogens is 1. The number of aromatic amines is 1. The fourth-order valence-corrected chi connectivity index (χ4v) is 5.75. The summed E-state index contributed by atoms with van der Waals surface area (Å²) in [5.74, 6) is 0.512. The fraction of sp³-hybridized carbons (Fsp3) is 0.389. The summed E-state index contributed by atoms with van der Waals surface area (Å²) in [6.45, 7) is 17.1. The van der Waals surface area contributed by atoms with Gasteiger partial charge in [0, 0.05) is 15.7 Å².